The van der Waals surface area contributed by atoms with E-state index in [2.05, 4.69) is 5.32 Å². The largest absolute Gasteiger partial charge is 0.490 e. The zero-order valence-corrected chi connectivity index (χ0v) is 15.7. The average molecular weight is 368 g/mol. The molecule has 1 aliphatic heterocycles. The number of para-hydroxylation sites is 3. The van der Waals surface area contributed by atoms with Crippen molar-refractivity contribution in [1.82, 2.24) is 4.90 Å². The van der Waals surface area contributed by atoms with E-state index in [0.29, 0.717) is 19.8 Å². The Labute approximate surface area is 161 Å². The Morgan fingerprint density at radius 3 is 2.30 bits per heavy atom. The topological polar surface area (TPSA) is 50.8 Å². The third-order valence-corrected chi connectivity index (χ3v) is 4.63. The van der Waals surface area contributed by atoms with Gasteiger partial charge in [0.1, 0.15) is 24.7 Å². The van der Waals surface area contributed by atoms with Crippen LogP contribution in [0.25, 0.3) is 0 Å². The molecule has 0 spiro atoms. The number of likely N-dealkylation sites (tertiary alicyclic amines) is 1. The van der Waals surface area contributed by atoms with Gasteiger partial charge in [-0.25, -0.2) is 0 Å². The summed E-state index contributed by atoms with van der Waals surface area (Å²) in [5.41, 5.74) is 0.834. The standard InChI is InChI=1S/C22H28N2O3/c25-22(24-14-8-1-2-9-15-24)18-23-20-12-6-7-13-21(20)27-17-16-26-19-10-4-3-5-11-19/h3-7,10-13,23H,1-2,8-9,14-18H2. The first kappa shape index (κ1) is 19.1. The molecule has 27 heavy (non-hydrogen) atoms. The van der Waals surface area contributed by atoms with Crippen molar-refractivity contribution >= 4 is 11.6 Å². The number of nitrogens with one attached hydrogen (secondary N) is 1. The number of ether oxygens (including phenoxy) is 2. The molecule has 5 heteroatoms. The van der Waals surface area contributed by atoms with E-state index in [1.165, 1.54) is 12.8 Å². The Hall–Kier alpha value is -2.69. The van der Waals surface area contributed by atoms with Gasteiger partial charge >= 0.3 is 0 Å². The highest BCUT2D eigenvalue weighted by molar-refractivity contribution is 5.81. The zero-order valence-electron chi connectivity index (χ0n) is 15.7. The highest BCUT2D eigenvalue weighted by atomic mass is 16.5. The third kappa shape index (κ3) is 6.20. The lowest BCUT2D eigenvalue weighted by Gasteiger charge is -2.21. The molecule has 1 N–H and O–H groups in total. The normalized spacial score (nSPS) is 14.3. The second-order valence-electron chi connectivity index (χ2n) is 6.65. The van der Waals surface area contributed by atoms with Crippen molar-refractivity contribution in [2.45, 2.75) is 25.7 Å². The van der Waals surface area contributed by atoms with E-state index in [1.807, 2.05) is 59.5 Å². The Morgan fingerprint density at radius 2 is 1.52 bits per heavy atom. The van der Waals surface area contributed by atoms with Crippen molar-refractivity contribution in [2.75, 3.05) is 38.2 Å². The molecule has 2 aromatic rings. The van der Waals surface area contributed by atoms with Crippen LogP contribution in [0.4, 0.5) is 5.69 Å². The van der Waals surface area contributed by atoms with Crippen LogP contribution in [0.15, 0.2) is 54.6 Å². The number of benzene rings is 2. The molecule has 1 amide bonds. The van der Waals surface area contributed by atoms with Gasteiger partial charge in [0.15, 0.2) is 0 Å². The minimum absolute atomic E-state index is 0.152. The Bertz CT molecular complexity index is 698. The summed E-state index contributed by atoms with van der Waals surface area (Å²) in [5.74, 6) is 1.72. The molecular formula is C22H28N2O3. The highest BCUT2D eigenvalue weighted by Crippen LogP contribution is 2.23. The summed E-state index contributed by atoms with van der Waals surface area (Å²) in [7, 11) is 0. The maximum atomic E-state index is 12.5. The van der Waals surface area contributed by atoms with Gasteiger partial charge in [-0.15, -0.1) is 0 Å². The van der Waals surface area contributed by atoms with Crippen molar-refractivity contribution in [3.8, 4) is 11.5 Å². The number of rotatable bonds is 8. The van der Waals surface area contributed by atoms with E-state index < -0.39 is 0 Å². The quantitative estimate of drug-likeness (QED) is 0.717. The minimum Gasteiger partial charge on any atom is -0.490 e. The van der Waals surface area contributed by atoms with Crippen LogP contribution in [-0.2, 0) is 4.79 Å². The fourth-order valence-corrected chi connectivity index (χ4v) is 3.17. The average Bonchev–Trinajstić information content (AvgIpc) is 3.00. The second kappa shape index (κ2) is 10.5. The van der Waals surface area contributed by atoms with Gasteiger partial charge in [0.25, 0.3) is 0 Å². The fraction of sp³-hybridized carbons (Fsp3) is 0.409. The van der Waals surface area contributed by atoms with E-state index in [0.717, 1.165) is 43.1 Å². The predicted molar refractivity (Wildman–Crippen MR) is 107 cm³/mol. The first-order valence-electron chi connectivity index (χ1n) is 9.74. The van der Waals surface area contributed by atoms with Gasteiger partial charge in [-0.05, 0) is 37.1 Å². The number of carbonyl (C=O) groups excluding carboxylic acids is 1. The number of carbonyl (C=O) groups is 1. The van der Waals surface area contributed by atoms with Gasteiger partial charge in [-0.3, -0.25) is 4.79 Å². The first-order chi connectivity index (χ1) is 13.3. The van der Waals surface area contributed by atoms with Crippen molar-refractivity contribution in [3.63, 3.8) is 0 Å². The maximum absolute atomic E-state index is 12.5. The molecule has 1 saturated heterocycles. The van der Waals surface area contributed by atoms with Crippen LogP contribution in [0, 0.1) is 0 Å². The van der Waals surface area contributed by atoms with Gasteiger partial charge in [-0.1, -0.05) is 43.2 Å². The molecule has 1 aliphatic rings. The molecule has 0 saturated carbocycles. The molecule has 0 radical (unpaired) electrons. The lowest BCUT2D eigenvalue weighted by atomic mass is 10.2. The van der Waals surface area contributed by atoms with Crippen LogP contribution in [0.1, 0.15) is 25.7 Å². The lowest BCUT2D eigenvalue weighted by molar-refractivity contribution is -0.129. The monoisotopic (exact) mass is 368 g/mol. The number of nitrogens with zero attached hydrogens (tertiary/aromatic N) is 1. The highest BCUT2D eigenvalue weighted by Gasteiger charge is 2.15. The van der Waals surface area contributed by atoms with Crippen molar-refractivity contribution in [1.29, 1.82) is 0 Å². The van der Waals surface area contributed by atoms with Crippen LogP contribution in [-0.4, -0.2) is 43.7 Å². The molecule has 0 unspecified atom stereocenters. The van der Waals surface area contributed by atoms with Gasteiger partial charge < -0.3 is 19.7 Å². The summed E-state index contributed by atoms with van der Waals surface area (Å²) >= 11 is 0. The molecule has 0 bridgehead atoms. The van der Waals surface area contributed by atoms with E-state index >= 15 is 0 Å². The van der Waals surface area contributed by atoms with E-state index in [4.69, 9.17) is 9.47 Å². The Kier molecular flexibility index (Phi) is 7.39. The van der Waals surface area contributed by atoms with Gasteiger partial charge in [0.2, 0.25) is 5.91 Å². The summed E-state index contributed by atoms with van der Waals surface area (Å²) in [5, 5.41) is 3.23. The molecule has 144 valence electrons. The van der Waals surface area contributed by atoms with Crippen molar-refractivity contribution < 1.29 is 14.3 Å². The van der Waals surface area contributed by atoms with Gasteiger partial charge in [-0.2, -0.15) is 0 Å². The predicted octanol–water partition coefficient (Wildman–Crippen LogP) is 3.96. The van der Waals surface area contributed by atoms with Crippen molar-refractivity contribution in [2.24, 2.45) is 0 Å². The summed E-state index contributed by atoms with van der Waals surface area (Å²) in [6.07, 6.45) is 4.65. The van der Waals surface area contributed by atoms with E-state index in [-0.39, 0.29) is 5.91 Å². The number of hydrogen-bond acceptors (Lipinski definition) is 4. The van der Waals surface area contributed by atoms with Gasteiger partial charge in [0, 0.05) is 13.1 Å². The maximum Gasteiger partial charge on any atom is 0.241 e. The molecule has 0 aromatic heterocycles. The minimum atomic E-state index is 0.152. The number of amides is 1. The van der Waals surface area contributed by atoms with Crippen LogP contribution < -0.4 is 14.8 Å². The molecule has 2 aromatic carbocycles. The van der Waals surface area contributed by atoms with Gasteiger partial charge in [0.05, 0.1) is 12.2 Å². The zero-order chi connectivity index (χ0) is 18.7. The first-order valence-corrected chi connectivity index (χ1v) is 9.74. The van der Waals surface area contributed by atoms with Crippen LogP contribution in [0.2, 0.25) is 0 Å². The van der Waals surface area contributed by atoms with Crippen molar-refractivity contribution in [3.05, 3.63) is 54.6 Å². The Morgan fingerprint density at radius 1 is 0.852 bits per heavy atom. The molecule has 1 heterocycles. The summed E-state index contributed by atoms with van der Waals surface area (Å²) < 4.78 is 11.5. The van der Waals surface area contributed by atoms with Crippen LogP contribution >= 0.6 is 0 Å². The molecule has 5 nitrogen and oxygen atoms in total. The Balaban J connectivity index is 1.46. The molecule has 0 atom stereocenters. The fourth-order valence-electron chi connectivity index (χ4n) is 3.17. The molecular weight excluding hydrogens is 340 g/mol. The summed E-state index contributed by atoms with van der Waals surface area (Å²) in [6.45, 7) is 2.94. The number of anilines is 1. The molecule has 0 aliphatic carbocycles. The summed E-state index contributed by atoms with van der Waals surface area (Å²) in [4.78, 5) is 14.4. The van der Waals surface area contributed by atoms with E-state index in [9.17, 15) is 4.79 Å². The molecule has 3 rings (SSSR count). The second-order valence-corrected chi connectivity index (χ2v) is 6.65. The van der Waals surface area contributed by atoms with E-state index in [1.54, 1.807) is 0 Å². The van der Waals surface area contributed by atoms with Crippen LogP contribution in [0.5, 0.6) is 11.5 Å². The summed E-state index contributed by atoms with van der Waals surface area (Å²) in [6, 6.07) is 17.4. The SMILES string of the molecule is O=C(CNc1ccccc1OCCOc1ccccc1)N1CCCCCC1. The lowest BCUT2D eigenvalue weighted by Crippen LogP contribution is -2.36. The van der Waals surface area contributed by atoms with Crippen LogP contribution in [0.3, 0.4) is 0 Å². The smallest absolute Gasteiger partial charge is 0.241 e. The third-order valence-electron chi connectivity index (χ3n) is 4.63. The number of hydrogen-bond donors (Lipinski definition) is 1. The molecule has 1 fully saturated rings.